The van der Waals surface area contributed by atoms with Crippen molar-refractivity contribution < 1.29 is 14.6 Å². The maximum atomic E-state index is 12.5. The molecule has 164 valence electrons. The van der Waals surface area contributed by atoms with Crippen LogP contribution in [-0.2, 0) is 9.53 Å². The Hall–Kier alpha value is -0.690. The van der Waals surface area contributed by atoms with E-state index in [-0.39, 0.29) is 17.9 Å². The maximum absolute atomic E-state index is 12.5. The predicted octanol–water partition coefficient (Wildman–Crippen LogP) is 2.28. The van der Waals surface area contributed by atoms with Crippen molar-refractivity contribution in [1.82, 2.24) is 4.90 Å². The van der Waals surface area contributed by atoms with Crippen LogP contribution in [0.1, 0.15) is 71.6 Å². The summed E-state index contributed by atoms with van der Waals surface area (Å²) in [5.74, 6) is 0.390. The van der Waals surface area contributed by atoms with E-state index in [2.05, 4.69) is 4.90 Å². The number of hydrogen-bond acceptors (Lipinski definition) is 5. The molecule has 3 atom stereocenters. The van der Waals surface area contributed by atoms with Crippen LogP contribution in [-0.4, -0.2) is 60.9 Å². The summed E-state index contributed by atoms with van der Waals surface area (Å²) in [6, 6.07) is -0.278. The minimum absolute atomic E-state index is 0.0752. The van der Waals surface area contributed by atoms with E-state index < -0.39 is 11.5 Å². The van der Waals surface area contributed by atoms with Gasteiger partial charge in [-0.25, -0.2) is 0 Å². The minimum Gasteiger partial charge on any atom is -0.391 e. The van der Waals surface area contributed by atoms with Gasteiger partial charge in [-0.2, -0.15) is 0 Å². The summed E-state index contributed by atoms with van der Waals surface area (Å²) in [4.78, 5) is 14.9. The highest BCUT2D eigenvalue weighted by molar-refractivity contribution is 5.81. The minimum atomic E-state index is -0.699. The lowest BCUT2D eigenvalue weighted by atomic mass is 9.68. The number of aliphatic hydroxyl groups is 1. The molecule has 2 aliphatic rings. The molecule has 0 unspecified atom stereocenters. The summed E-state index contributed by atoms with van der Waals surface area (Å²) >= 11 is 0. The first-order valence-corrected chi connectivity index (χ1v) is 11.4. The SMILES string of the molecule is CC(C)[C@](CCCN1CCOCC1)(C[C@H](O)[C@@H](N)CC1CCCCC1)C(N)=O. The summed E-state index contributed by atoms with van der Waals surface area (Å²) < 4.78 is 5.40. The van der Waals surface area contributed by atoms with E-state index in [1.807, 2.05) is 13.8 Å². The van der Waals surface area contributed by atoms with Gasteiger partial charge in [-0.1, -0.05) is 46.0 Å². The molecule has 0 spiro atoms. The van der Waals surface area contributed by atoms with Crippen molar-refractivity contribution >= 4 is 5.91 Å². The highest BCUT2D eigenvalue weighted by atomic mass is 16.5. The van der Waals surface area contributed by atoms with Crippen LogP contribution >= 0.6 is 0 Å². The Labute approximate surface area is 171 Å². The fourth-order valence-electron chi connectivity index (χ4n) is 5.07. The van der Waals surface area contributed by atoms with E-state index >= 15 is 0 Å². The summed E-state index contributed by atoms with van der Waals surface area (Å²) in [6.07, 6.45) is 8.42. The molecule has 0 aromatic carbocycles. The molecule has 1 aliphatic heterocycles. The smallest absolute Gasteiger partial charge is 0.223 e. The Bertz CT molecular complexity index is 462. The lowest BCUT2D eigenvalue weighted by Crippen LogP contribution is -2.48. The van der Waals surface area contributed by atoms with Crippen LogP contribution in [0.3, 0.4) is 0 Å². The third-order valence-electron chi connectivity index (χ3n) is 7.19. The first-order chi connectivity index (χ1) is 13.3. The van der Waals surface area contributed by atoms with Crippen LogP contribution in [0.4, 0.5) is 0 Å². The Morgan fingerprint density at radius 3 is 2.43 bits per heavy atom. The highest BCUT2D eigenvalue weighted by Gasteiger charge is 2.42. The molecule has 0 bridgehead atoms. The van der Waals surface area contributed by atoms with Crippen molar-refractivity contribution in [3.05, 3.63) is 0 Å². The molecule has 1 aliphatic carbocycles. The number of ether oxygens (including phenoxy) is 1. The van der Waals surface area contributed by atoms with Gasteiger partial charge in [0.1, 0.15) is 0 Å². The first-order valence-electron chi connectivity index (χ1n) is 11.4. The van der Waals surface area contributed by atoms with Crippen molar-refractivity contribution in [1.29, 1.82) is 0 Å². The number of rotatable bonds is 11. The average molecular weight is 398 g/mol. The van der Waals surface area contributed by atoms with Gasteiger partial charge in [-0.05, 0) is 44.1 Å². The fraction of sp³-hybridized carbons (Fsp3) is 0.955. The summed E-state index contributed by atoms with van der Waals surface area (Å²) in [5, 5.41) is 10.9. The van der Waals surface area contributed by atoms with Gasteiger partial charge in [0, 0.05) is 19.1 Å². The van der Waals surface area contributed by atoms with Gasteiger partial charge in [-0.3, -0.25) is 9.69 Å². The monoisotopic (exact) mass is 397 g/mol. The van der Waals surface area contributed by atoms with Crippen LogP contribution in [0.25, 0.3) is 0 Å². The van der Waals surface area contributed by atoms with Gasteiger partial charge >= 0.3 is 0 Å². The Morgan fingerprint density at radius 2 is 1.86 bits per heavy atom. The number of aliphatic hydroxyl groups excluding tert-OH is 1. The van der Waals surface area contributed by atoms with Crippen LogP contribution < -0.4 is 11.5 Å². The molecule has 1 saturated heterocycles. The lowest BCUT2D eigenvalue weighted by Gasteiger charge is -2.39. The molecule has 1 heterocycles. The van der Waals surface area contributed by atoms with Crippen molar-refractivity contribution in [2.75, 3.05) is 32.8 Å². The number of morpholine rings is 1. The van der Waals surface area contributed by atoms with Gasteiger partial charge < -0.3 is 21.3 Å². The molecule has 28 heavy (non-hydrogen) atoms. The second kappa shape index (κ2) is 11.5. The largest absolute Gasteiger partial charge is 0.391 e. The fourth-order valence-corrected chi connectivity index (χ4v) is 5.07. The van der Waals surface area contributed by atoms with E-state index in [9.17, 15) is 9.90 Å². The number of nitrogens with two attached hydrogens (primary N) is 2. The zero-order chi connectivity index (χ0) is 20.6. The van der Waals surface area contributed by atoms with Gasteiger partial charge in [0.15, 0.2) is 0 Å². The van der Waals surface area contributed by atoms with Crippen LogP contribution in [0.5, 0.6) is 0 Å². The second-order valence-electron chi connectivity index (χ2n) is 9.41. The summed E-state index contributed by atoms with van der Waals surface area (Å²) in [6.45, 7) is 8.47. The molecule has 1 saturated carbocycles. The zero-order valence-corrected chi connectivity index (χ0v) is 18.1. The molecule has 2 fully saturated rings. The number of carbonyl (C=O) groups excluding carboxylic acids is 1. The van der Waals surface area contributed by atoms with Crippen molar-refractivity contribution in [3.8, 4) is 0 Å². The number of amides is 1. The van der Waals surface area contributed by atoms with Gasteiger partial charge in [0.25, 0.3) is 0 Å². The van der Waals surface area contributed by atoms with Gasteiger partial charge in [0.05, 0.1) is 24.7 Å². The van der Waals surface area contributed by atoms with Gasteiger partial charge in [-0.15, -0.1) is 0 Å². The Balaban J connectivity index is 1.92. The Morgan fingerprint density at radius 1 is 1.21 bits per heavy atom. The molecule has 0 aromatic rings. The summed E-state index contributed by atoms with van der Waals surface area (Å²) in [7, 11) is 0. The average Bonchev–Trinajstić information content (AvgIpc) is 2.68. The molecular formula is C22H43N3O3. The molecule has 1 amide bonds. The molecule has 2 rings (SSSR count). The maximum Gasteiger partial charge on any atom is 0.223 e. The van der Waals surface area contributed by atoms with Crippen molar-refractivity contribution in [2.24, 2.45) is 28.7 Å². The normalized spacial score (nSPS) is 24.0. The predicted molar refractivity (Wildman–Crippen MR) is 113 cm³/mol. The third kappa shape index (κ3) is 6.68. The molecule has 0 radical (unpaired) electrons. The number of primary amides is 1. The number of nitrogens with zero attached hydrogens (tertiary/aromatic N) is 1. The molecule has 0 aromatic heterocycles. The molecule has 6 nitrogen and oxygen atoms in total. The third-order valence-corrected chi connectivity index (χ3v) is 7.19. The first kappa shape index (κ1) is 23.6. The van der Waals surface area contributed by atoms with Crippen molar-refractivity contribution in [3.63, 3.8) is 0 Å². The second-order valence-corrected chi connectivity index (χ2v) is 9.41. The standard InChI is InChI=1S/C22H43N3O3/c1-17(2)22(21(24)27,9-6-10-25-11-13-28-14-12-25)16-20(26)19(23)15-18-7-4-3-5-8-18/h17-20,26H,3-16,23H2,1-2H3,(H2,24,27)/t19-,20-,22-/m0/s1. The molecule has 5 N–H and O–H groups in total. The zero-order valence-electron chi connectivity index (χ0n) is 18.1. The molecule has 6 heteroatoms. The Kier molecular flexibility index (Phi) is 9.67. The van der Waals surface area contributed by atoms with Crippen LogP contribution in [0.15, 0.2) is 0 Å². The topological polar surface area (TPSA) is 102 Å². The van der Waals surface area contributed by atoms with E-state index in [4.69, 9.17) is 16.2 Å². The van der Waals surface area contributed by atoms with Crippen LogP contribution in [0, 0.1) is 17.3 Å². The van der Waals surface area contributed by atoms with E-state index in [1.165, 1.54) is 32.1 Å². The number of carbonyl (C=O) groups is 1. The van der Waals surface area contributed by atoms with E-state index in [0.29, 0.717) is 18.8 Å². The highest BCUT2D eigenvalue weighted by Crippen LogP contribution is 2.39. The van der Waals surface area contributed by atoms with E-state index in [1.54, 1.807) is 0 Å². The summed E-state index contributed by atoms with van der Waals surface area (Å²) in [5.41, 5.74) is 11.6. The van der Waals surface area contributed by atoms with Gasteiger partial charge in [0.2, 0.25) is 5.91 Å². The molecular weight excluding hydrogens is 354 g/mol. The van der Waals surface area contributed by atoms with Crippen molar-refractivity contribution in [2.45, 2.75) is 83.8 Å². The number of hydrogen-bond donors (Lipinski definition) is 3. The van der Waals surface area contributed by atoms with E-state index in [0.717, 1.165) is 45.7 Å². The van der Waals surface area contributed by atoms with Crippen LogP contribution in [0.2, 0.25) is 0 Å². The quantitative estimate of drug-likeness (QED) is 0.496. The lowest BCUT2D eigenvalue weighted by molar-refractivity contribution is -0.133.